The fraction of sp³-hybridized carbons (Fsp3) is 0.455. The summed E-state index contributed by atoms with van der Waals surface area (Å²) in [6.45, 7) is 1.98. The highest BCUT2D eigenvalue weighted by molar-refractivity contribution is 7.85. The molecule has 0 saturated carbocycles. The lowest BCUT2D eigenvalue weighted by Gasteiger charge is -2.30. The molecule has 0 spiro atoms. The third-order valence-electron chi connectivity index (χ3n) is 5.01. The van der Waals surface area contributed by atoms with Gasteiger partial charge in [0.05, 0.1) is 13.4 Å². The zero-order chi connectivity index (χ0) is 21.4. The van der Waals surface area contributed by atoms with E-state index in [9.17, 15) is 12.8 Å². The summed E-state index contributed by atoms with van der Waals surface area (Å²) in [5.41, 5.74) is 3.89. The van der Waals surface area contributed by atoms with E-state index in [4.69, 9.17) is 9.29 Å². The molecule has 7 heteroatoms. The summed E-state index contributed by atoms with van der Waals surface area (Å²) in [6, 6.07) is 13.3. The van der Waals surface area contributed by atoms with Crippen molar-refractivity contribution in [1.29, 1.82) is 0 Å². The Balaban J connectivity index is 0.000000537. The predicted molar refractivity (Wildman–Crippen MR) is 114 cm³/mol. The van der Waals surface area contributed by atoms with Gasteiger partial charge in [-0.15, -0.1) is 0 Å². The minimum absolute atomic E-state index is 0.150. The van der Waals surface area contributed by atoms with Crippen LogP contribution in [0.2, 0.25) is 0 Å². The van der Waals surface area contributed by atoms with Crippen LogP contribution in [0.15, 0.2) is 42.5 Å². The van der Waals surface area contributed by atoms with Crippen LogP contribution in [0.4, 0.5) is 4.39 Å². The molecule has 0 aromatic heterocycles. The Hall–Kier alpha value is -1.96. The summed E-state index contributed by atoms with van der Waals surface area (Å²) in [7, 11) is 0.248. The number of hydrogen-bond donors (Lipinski definition) is 1. The van der Waals surface area contributed by atoms with Gasteiger partial charge in [0.2, 0.25) is 0 Å². The molecule has 1 unspecified atom stereocenters. The maximum Gasteiger partial charge on any atom is 0.261 e. The van der Waals surface area contributed by atoms with Gasteiger partial charge in [-0.1, -0.05) is 24.3 Å². The van der Waals surface area contributed by atoms with E-state index in [1.165, 1.54) is 30.0 Å². The van der Waals surface area contributed by atoms with Gasteiger partial charge < -0.3 is 9.64 Å². The van der Waals surface area contributed by atoms with Crippen LogP contribution >= 0.6 is 0 Å². The molecular weight excluding hydrogens is 393 g/mol. The number of rotatable bonds is 6. The van der Waals surface area contributed by atoms with Crippen LogP contribution in [-0.2, 0) is 23.0 Å². The van der Waals surface area contributed by atoms with Crippen molar-refractivity contribution in [1.82, 2.24) is 4.90 Å². The van der Waals surface area contributed by atoms with E-state index >= 15 is 0 Å². The van der Waals surface area contributed by atoms with Crippen LogP contribution in [0.1, 0.15) is 35.4 Å². The maximum atomic E-state index is 13.3. The molecular formula is C22H30FNO4S. The molecule has 29 heavy (non-hydrogen) atoms. The molecule has 1 N–H and O–H groups in total. The van der Waals surface area contributed by atoms with Crippen molar-refractivity contribution in [2.24, 2.45) is 0 Å². The number of nitrogens with zero attached hydrogens (tertiary/aromatic N) is 1. The fourth-order valence-electron chi connectivity index (χ4n) is 3.77. The van der Waals surface area contributed by atoms with Gasteiger partial charge in [-0.3, -0.25) is 4.55 Å². The Labute approximate surface area is 173 Å². The van der Waals surface area contributed by atoms with E-state index in [2.05, 4.69) is 30.1 Å². The van der Waals surface area contributed by atoms with Gasteiger partial charge in [-0.2, -0.15) is 8.42 Å². The minimum atomic E-state index is -3.67. The van der Waals surface area contributed by atoms with Crippen molar-refractivity contribution in [2.75, 3.05) is 33.5 Å². The average molecular weight is 424 g/mol. The molecule has 0 saturated heterocycles. The number of fused-ring (bicyclic) bond motifs is 1. The van der Waals surface area contributed by atoms with Crippen LogP contribution in [0, 0.1) is 5.82 Å². The number of ether oxygens (including phenoxy) is 1. The van der Waals surface area contributed by atoms with Gasteiger partial charge in [0.15, 0.2) is 0 Å². The lowest BCUT2D eigenvalue weighted by atomic mass is 9.82. The highest BCUT2D eigenvalue weighted by atomic mass is 32.2. The van der Waals surface area contributed by atoms with Gasteiger partial charge in [-0.05, 0) is 73.5 Å². The van der Waals surface area contributed by atoms with Crippen LogP contribution in [-0.4, -0.2) is 51.4 Å². The summed E-state index contributed by atoms with van der Waals surface area (Å²) in [5.74, 6) is 1.43. The van der Waals surface area contributed by atoms with E-state index in [1.54, 1.807) is 19.2 Å². The Morgan fingerprint density at radius 2 is 1.93 bits per heavy atom. The van der Waals surface area contributed by atoms with E-state index in [0.29, 0.717) is 12.2 Å². The van der Waals surface area contributed by atoms with Crippen LogP contribution in [0.25, 0.3) is 0 Å². The highest BCUT2D eigenvalue weighted by Crippen LogP contribution is 2.36. The third kappa shape index (κ3) is 8.12. The molecule has 160 valence electrons. The molecule has 1 aliphatic carbocycles. The largest absolute Gasteiger partial charge is 0.496 e. The Morgan fingerprint density at radius 1 is 1.24 bits per heavy atom. The normalized spacial score (nSPS) is 16.0. The Morgan fingerprint density at radius 3 is 2.59 bits per heavy atom. The third-order valence-corrected chi connectivity index (χ3v) is 5.01. The second-order valence-electron chi connectivity index (χ2n) is 7.49. The van der Waals surface area contributed by atoms with E-state index in [0.717, 1.165) is 37.2 Å². The molecule has 0 aliphatic heterocycles. The zero-order valence-electron chi connectivity index (χ0n) is 17.3. The van der Waals surface area contributed by atoms with Crippen molar-refractivity contribution >= 4 is 10.1 Å². The molecule has 0 heterocycles. The Kier molecular flexibility index (Phi) is 8.61. The molecule has 0 fully saturated rings. The number of methoxy groups -OCH3 is 1. The zero-order valence-corrected chi connectivity index (χ0v) is 18.1. The first-order valence-corrected chi connectivity index (χ1v) is 11.5. The van der Waals surface area contributed by atoms with E-state index in [1.807, 2.05) is 6.07 Å². The quantitative estimate of drug-likeness (QED) is 0.713. The predicted octanol–water partition coefficient (Wildman–Crippen LogP) is 3.93. The Bertz CT molecular complexity index is 893. The first-order chi connectivity index (χ1) is 13.7. The first kappa shape index (κ1) is 23.3. The van der Waals surface area contributed by atoms with E-state index in [-0.39, 0.29) is 5.82 Å². The van der Waals surface area contributed by atoms with Gasteiger partial charge >= 0.3 is 0 Å². The van der Waals surface area contributed by atoms with Crippen LogP contribution in [0.5, 0.6) is 5.75 Å². The maximum absolute atomic E-state index is 13.3. The summed E-state index contributed by atoms with van der Waals surface area (Å²) < 4.78 is 44.7. The summed E-state index contributed by atoms with van der Waals surface area (Å²) in [6.07, 6.45) is 5.15. The van der Waals surface area contributed by atoms with Gasteiger partial charge in [0.1, 0.15) is 11.6 Å². The smallest absolute Gasteiger partial charge is 0.261 e. The van der Waals surface area contributed by atoms with Crippen molar-refractivity contribution in [2.45, 2.75) is 31.6 Å². The summed E-state index contributed by atoms with van der Waals surface area (Å²) in [5, 5.41) is 0. The number of likely N-dealkylation sites (N-methyl/N-ethyl adjacent to an activating group) is 1. The molecule has 1 aliphatic rings. The lowest BCUT2D eigenvalue weighted by molar-refractivity contribution is 0.299. The molecule has 3 rings (SSSR count). The molecule has 5 nitrogen and oxygen atoms in total. The van der Waals surface area contributed by atoms with E-state index < -0.39 is 10.1 Å². The SMILES string of the molecule is COc1cccc2c1CCCC2CN(C)CCc1cccc(F)c1.CS(=O)(=O)O. The monoisotopic (exact) mass is 423 g/mol. The average Bonchev–Trinajstić information content (AvgIpc) is 2.65. The number of halogens is 1. The van der Waals surface area contributed by atoms with Crippen molar-refractivity contribution in [3.8, 4) is 5.75 Å². The summed E-state index contributed by atoms with van der Waals surface area (Å²) in [4.78, 5) is 2.37. The summed E-state index contributed by atoms with van der Waals surface area (Å²) >= 11 is 0. The molecule has 0 bridgehead atoms. The molecule has 0 radical (unpaired) electrons. The number of hydrogen-bond acceptors (Lipinski definition) is 4. The first-order valence-electron chi connectivity index (χ1n) is 9.68. The van der Waals surface area contributed by atoms with Gasteiger partial charge in [0, 0.05) is 13.1 Å². The minimum Gasteiger partial charge on any atom is -0.496 e. The second-order valence-corrected chi connectivity index (χ2v) is 8.96. The standard InChI is InChI=1S/C21H26FNO.CH4O3S/c1-23(13-12-16-6-3-8-18(22)14-16)15-17-7-4-10-20-19(17)9-5-11-21(20)24-2;1-5(2,3)4/h3,5-6,8-9,11,14,17H,4,7,10,12-13,15H2,1-2H3;1H3,(H,2,3,4). The van der Waals surface area contributed by atoms with Gasteiger partial charge in [0.25, 0.3) is 10.1 Å². The van der Waals surface area contributed by atoms with Crippen molar-refractivity contribution in [3.05, 3.63) is 65.0 Å². The fourth-order valence-corrected chi connectivity index (χ4v) is 3.77. The second kappa shape index (κ2) is 10.7. The van der Waals surface area contributed by atoms with Crippen molar-refractivity contribution < 1.29 is 22.1 Å². The molecule has 2 aromatic carbocycles. The highest BCUT2D eigenvalue weighted by Gasteiger charge is 2.23. The molecule has 1 atom stereocenters. The topological polar surface area (TPSA) is 66.8 Å². The molecule has 0 amide bonds. The van der Waals surface area contributed by atoms with Crippen LogP contribution in [0.3, 0.4) is 0 Å². The number of benzene rings is 2. The lowest BCUT2D eigenvalue weighted by Crippen LogP contribution is -2.28. The van der Waals surface area contributed by atoms with Crippen molar-refractivity contribution in [3.63, 3.8) is 0 Å². The molecule has 2 aromatic rings. The van der Waals surface area contributed by atoms with Crippen LogP contribution < -0.4 is 4.74 Å². The van der Waals surface area contributed by atoms with Gasteiger partial charge in [-0.25, -0.2) is 4.39 Å².